The van der Waals surface area contributed by atoms with Gasteiger partial charge in [0.2, 0.25) is 6.79 Å². The molecule has 4 rings (SSSR count). The summed E-state index contributed by atoms with van der Waals surface area (Å²) in [7, 11) is -4.21. The Balaban J connectivity index is 1.69. The van der Waals surface area contributed by atoms with E-state index in [0.29, 0.717) is 28.1 Å². The molecule has 1 aromatic carbocycles. The van der Waals surface area contributed by atoms with Gasteiger partial charge in [-0.15, -0.1) is 11.3 Å². The van der Waals surface area contributed by atoms with Crippen molar-refractivity contribution in [1.29, 1.82) is 0 Å². The SMILES string of the molecule is CC(=O)c1c(C)c(C)c(NC(=O)c2sccc2S(=O)(=O)Nc2onc(C)c2Cl)c2c1OCO2. The number of Topliss-reactive ketones (excluding diaryl/α,β-unsaturated/α-hetero) is 1. The van der Waals surface area contributed by atoms with Crippen LogP contribution in [0.2, 0.25) is 5.02 Å². The second-order valence-corrected chi connectivity index (χ2v) is 10.2. The number of amides is 1. The first-order chi connectivity index (χ1) is 15.5. The molecule has 2 N–H and O–H groups in total. The van der Waals surface area contributed by atoms with E-state index in [1.807, 2.05) is 0 Å². The number of rotatable bonds is 6. The number of benzene rings is 1. The summed E-state index contributed by atoms with van der Waals surface area (Å²) in [5, 5.41) is 7.81. The van der Waals surface area contributed by atoms with Crippen LogP contribution in [0.4, 0.5) is 11.6 Å². The van der Waals surface area contributed by atoms with E-state index in [1.54, 1.807) is 20.8 Å². The maximum atomic E-state index is 13.1. The third kappa shape index (κ3) is 3.94. The molecule has 0 spiro atoms. The monoisotopic (exact) mass is 511 g/mol. The normalized spacial score (nSPS) is 12.6. The van der Waals surface area contributed by atoms with Crippen LogP contribution < -0.4 is 19.5 Å². The number of carbonyl (C=O) groups is 2. The van der Waals surface area contributed by atoms with E-state index in [2.05, 4.69) is 15.2 Å². The zero-order chi connectivity index (χ0) is 24.1. The largest absolute Gasteiger partial charge is 0.453 e. The van der Waals surface area contributed by atoms with E-state index in [-0.39, 0.29) is 44.8 Å². The third-order valence-electron chi connectivity index (χ3n) is 5.11. The maximum absolute atomic E-state index is 13.1. The fourth-order valence-corrected chi connectivity index (χ4v) is 5.88. The second-order valence-electron chi connectivity index (χ2n) is 7.21. The van der Waals surface area contributed by atoms with E-state index >= 15 is 0 Å². The first-order valence-electron chi connectivity index (χ1n) is 9.50. The van der Waals surface area contributed by atoms with Crippen LogP contribution in [0.3, 0.4) is 0 Å². The number of hydrogen-bond acceptors (Lipinski definition) is 9. The van der Waals surface area contributed by atoms with Crippen LogP contribution in [0, 0.1) is 20.8 Å². The van der Waals surface area contributed by atoms with E-state index < -0.39 is 15.9 Å². The lowest BCUT2D eigenvalue weighted by molar-refractivity contribution is 0.100. The number of anilines is 2. The van der Waals surface area contributed by atoms with Gasteiger partial charge in [-0.05, 0) is 50.3 Å². The van der Waals surface area contributed by atoms with Gasteiger partial charge < -0.3 is 19.3 Å². The van der Waals surface area contributed by atoms with Crippen molar-refractivity contribution in [3.05, 3.63) is 43.7 Å². The summed E-state index contributed by atoms with van der Waals surface area (Å²) < 4.78 is 43.9. The zero-order valence-electron chi connectivity index (χ0n) is 17.9. The molecule has 0 aliphatic carbocycles. The van der Waals surface area contributed by atoms with Crippen LogP contribution >= 0.6 is 22.9 Å². The van der Waals surface area contributed by atoms with Crippen molar-refractivity contribution in [2.24, 2.45) is 0 Å². The molecule has 1 aliphatic rings. The number of fused-ring (bicyclic) bond motifs is 1. The van der Waals surface area contributed by atoms with Crippen LogP contribution in [0.15, 0.2) is 20.9 Å². The van der Waals surface area contributed by atoms with Gasteiger partial charge in [0.15, 0.2) is 17.3 Å². The van der Waals surface area contributed by atoms with Gasteiger partial charge >= 0.3 is 0 Å². The molecule has 0 bridgehead atoms. The highest BCUT2D eigenvalue weighted by Crippen LogP contribution is 2.47. The van der Waals surface area contributed by atoms with Gasteiger partial charge in [0.1, 0.15) is 20.5 Å². The van der Waals surface area contributed by atoms with Gasteiger partial charge in [-0.1, -0.05) is 16.8 Å². The average molecular weight is 512 g/mol. The summed E-state index contributed by atoms with van der Waals surface area (Å²) in [5.74, 6) is -0.659. The van der Waals surface area contributed by atoms with E-state index in [9.17, 15) is 18.0 Å². The molecule has 33 heavy (non-hydrogen) atoms. The van der Waals surface area contributed by atoms with Crippen molar-refractivity contribution >= 4 is 56.2 Å². The molecule has 0 fully saturated rings. The molecule has 0 radical (unpaired) electrons. The number of nitrogens with one attached hydrogen (secondary N) is 2. The maximum Gasteiger partial charge on any atom is 0.267 e. The molecule has 0 saturated carbocycles. The fourth-order valence-electron chi connectivity index (χ4n) is 3.38. The average Bonchev–Trinajstić information content (AvgIpc) is 3.48. The number of halogens is 1. The summed E-state index contributed by atoms with van der Waals surface area (Å²) in [6.45, 7) is 6.32. The molecule has 3 heterocycles. The summed E-state index contributed by atoms with van der Waals surface area (Å²) >= 11 is 6.94. The van der Waals surface area contributed by atoms with Gasteiger partial charge in [0, 0.05) is 0 Å². The van der Waals surface area contributed by atoms with Gasteiger partial charge in [0.25, 0.3) is 21.8 Å². The number of nitrogens with zero attached hydrogens (tertiary/aromatic N) is 1. The lowest BCUT2D eigenvalue weighted by atomic mass is 9.96. The molecule has 2 aromatic heterocycles. The molecular weight excluding hydrogens is 494 g/mol. The number of aromatic nitrogens is 1. The highest BCUT2D eigenvalue weighted by molar-refractivity contribution is 7.93. The molecule has 174 valence electrons. The molecular formula is C20H18ClN3O7S2. The van der Waals surface area contributed by atoms with E-state index in [0.717, 1.165) is 11.3 Å². The lowest BCUT2D eigenvalue weighted by Gasteiger charge is -2.16. The Labute approximate surface area is 197 Å². The quantitative estimate of drug-likeness (QED) is 0.467. The minimum atomic E-state index is -4.21. The number of sulfonamides is 1. The topological polar surface area (TPSA) is 137 Å². The number of ketones is 1. The molecule has 0 saturated heterocycles. The zero-order valence-corrected chi connectivity index (χ0v) is 20.3. The number of hydrogen-bond donors (Lipinski definition) is 2. The van der Waals surface area contributed by atoms with Crippen molar-refractivity contribution in [2.75, 3.05) is 16.8 Å². The van der Waals surface area contributed by atoms with Gasteiger partial charge in [0.05, 0.1) is 11.3 Å². The lowest BCUT2D eigenvalue weighted by Crippen LogP contribution is -2.19. The molecule has 10 nitrogen and oxygen atoms in total. The van der Waals surface area contributed by atoms with E-state index in [4.69, 9.17) is 25.6 Å². The van der Waals surface area contributed by atoms with Crippen molar-refractivity contribution in [2.45, 2.75) is 32.6 Å². The van der Waals surface area contributed by atoms with Crippen molar-refractivity contribution in [3.8, 4) is 11.5 Å². The Hall–Kier alpha value is -3.09. The third-order valence-corrected chi connectivity index (χ3v) is 7.97. The first-order valence-corrected chi connectivity index (χ1v) is 12.2. The minimum absolute atomic E-state index is 0.0178. The van der Waals surface area contributed by atoms with Crippen molar-refractivity contribution in [3.63, 3.8) is 0 Å². The standard InChI is InChI=1S/C20H18ClN3O7S2/c1-8-9(2)15(17-16(29-7-30-17)13(8)11(4)25)22-19(26)18-12(5-6-32-18)33(27,28)24-20-14(21)10(3)23-31-20/h5-6,24H,7H2,1-4H3,(H,22,26). The molecule has 1 aliphatic heterocycles. The summed E-state index contributed by atoms with van der Waals surface area (Å²) in [4.78, 5) is 24.9. The smallest absolute Gasteiger partial charge is 0.267 e. The predicted molar refractivity (Wildman–Crippen MR) is 121 cm³/mol. The Bertz CT molecular complexity index is 1410. The number of carbonyl (C=O) groups excluding carboxylic acids is 2. The van der Waals surface area contributed by atoms with Gasteiger partial charge in [-0.2, -0.15) is 0 Å². The van der Waals surface area contributed by atoms with Crippen LogP contribution in [-0.2, 0) is 10.0 Å². The highest BCUT2D eigenvalue weighted by atomic mass is 35.5. The molecule has 1 amide bonds. The van der Waals surface area contributed by atoms with Gasteiger partial charge in [-0.3, -0.25) is 9.59 Å². The van der Waals surface area contributed by atoms with Gasteiger partial charge in [-0.25, -0.2) is 13.1 Å². The Kier molecular flexibility index (Phi) is 5.85. The van der Waals surface area contributed by atoms with Crippen LogP contribution in [-0.4, -0.2) is 32.1 Å². The summed E-state index contributed by atoms with van der Waals surface area (Å²) in [5.41, 5.74) is 2.21. The molecule has 3 aromatic rings. The number of thiophene rings is 1. The number of aryl methyl sites for hydroxylation is 1. The Morgan fingerprint density at radius 3 is 2.48 bits per heavy atom. The van der Waals surface area contributed by atoms with E-state index in [1.165, 1.54) is 18.4 Å². The summed E-state index contributed by atoms with van der Waals surface area (Å²) in [6.07, 6.45) is 0. The minimum Gasteiger partial charge on any atom is -0.453 e. The van der Waals surface area contributed by atoms with Crippen molar-refractivity contribution in [1.82, 2.24) is 5.16 Å². The Morgan fingerprint density at radius 1 is 1.15 bits per heavy atom. The molecule has 0 unspecified atom stereocenters. The highest BCUT2D eigenvalue weighted by Gasteiger charge is 2.32. The Morgan fingerprint density at radius 2 is 1.85 bits per heavy atom. The van der Waals surface area contributed by atoms with Crippen LogP contribution in [0.5, 0.6) is 11.5 Å². The van der Waals surface area contributed by atoms with Crippen molar-refractivity contribution < 1.29 is 32.0 Å². The van der Waals surface area contributed by atoms with Crippen LogP contribution in [0.1, 0.15) is 43.8 Å². The number of ether oxygens (including phenoxy) is 2. The first kappa shape index (κ1) is 23.1. The summed E-state index contributed by atoms with van der Waals surface area (Å²) in [6, 6.07) is 1.29. The second kappa shape index (κ2) is 8.36. The molecule has 13 heteroatoms. The van der Waals surface area contributed by atoms with Crippen LogP contribution in [0.25, 0.3) is 0 Å². The predicted octanol–water partition coefficient (Wildman–Crippen LogP) is 4.30. The fraction of sp³-hybridized carbons (Fsp3) is 0.250. The molecule has 0 atom stereocenters.